The Morgan fingerprint density at radius 1 is 1.41 bits per heavy atom. The number of hydrogen-bond donors (Lipinski definition) is 1. The molecule has 0 saturated heterocycles. The zero-order valence-electron chi connectivity index (χ0n) is 17.9. The van der Waals surface area contributed by atoms with Crippen molar-refractivity contribution in [3.63, 3.8) is 0 Å². The molecule has 2 nitrogen and oxygen atoms in total. The van der Waals surface area contributed by atoms with Gasteiger partial charge in [0.15, 0.2) is 5.78 Å². The van der Waals surface area contributed by atoms with E-state index in [9.17, 15) is 9.90 Å². The Hall–Kier alpha value is -1.15. The number of hydrogen-bond acceptors (Lipinski definition) is 2. The van der Waals surface area contributed by atoms with Gasteiger partial charge in [-0.3, -0.25) is 4.79 Å². The summed E-state index contributed by atoms with van der Waals surface area (Å²) in [5.74, 6) is 2.57. The van der Waals surface area contributed by atoms with Gasteiger partial charge in [0.1, 0.15) is 0 Å². The minimum atomic E-state index is -0.0954. The molecule has 0 spiro atoms. The molecule has 2 heteroatoms. The van der Waals surface area contributed by atoms with Gasteiger partial charge in [0, 0.05) is 0 Å². The predicted octanol–water partition coefficient (Wildman–Crippen LogP) is 5.88. The highest BCUT2D eigenvalue weighted by Crippen LogP contribution is 2.58. The summed E-state index contributed by atoms with van der Waals surface area (Å²) < 4.78 is 0. The lowest BCUT2D eigenvalue weighted by Crippen LogP contribution is -2.35. The largest absolute Gasteiger partial charge is 0.392 e. The lowest BCUT2D eigenvalue weighted by Gasteiger charge is -2.41. The monoisotopic (exact) mass is 370 g/mol. The maximum absolute atomic E-state index is 12.6. The highest BCUT2D eigenvalue weighted by molar-refractivity contribution is 5.97. The van der Waals surface area contributed by atoms with Crippen LogP contribution < -0.4 is 0 Å². The van der Waals surface area contributed by atoms with E-state index in [1.807, 2.05) is 6.08 Å². The lowest BCUT2D eigenvalue weighted by molar-refractivity contribution is -0.117. The van der Waals surface area contributed by atoms with Crippen LogP contribution in [0.1, 0.15) is 73.1 Å². The molecule has 150 valence electrons. The van der Waals surface area contributed by atoms with E-state index in [1.54, 1.807) is 0 Å². The molecule has 3 aliphatic rings. The molecule has 0 aliphatic heterocycles. The number of aliphatic hydroxyl groups is 1. The molecule has 6 atom stereocenters. The third-order valence-electron chi connectivity index (χ3n) is 7.93. The first-order valence-corrected chi connectivity index (χ1v) is 10.9. The van der Waals surface area contributed by atoms with Gasteiger partial charge in [0.05, 0.1) is 12.5 Å². The summed E-state index contributed by atoms with van der Waals surface area (Å²) in [6, 6.07) is 0. The maximum atomic E-state index is 12.6. The first-order valence-electron chi connectivity index (χ1n) is 10.9. The molecule has 3 aliphatic carbocycles. The SMILES string of the molecule is CC(C)=CCC[C@H](C)[C@H]1CC[C@]2(C)C[C@@H]3C(C)=CC(=O)[C@H]3C(CO)=CC[C@@H]12. The molecule has 0 aromatic carbocycles. The molecule has 0 heterocycles. The summed E-state index contributed by atoms with van der Waals surface area (Å²) in [6.45, 7) is 11.4. The Kier molecular flexibility index (Phi) is 6.15. The Balaban J connectivity index is 1.83. The van der Waals surface area contributed by atoms with E-state index in [0.29, 0.717) is 17.3 Å². The van der Waals surface area contributed by atoms with Gasteiger partial charge in [-0.2, -0.15) is 0 Å². The molecule has 0 aromatic heterocycles. The quantitative estimate of drug-likeness (QED) is 0.614. The number of carbonyl (C=O) groups is 1. The van der Waals surface area contributed by atoms with Gasteiger partial charge in [-0.1, -0.05) is 37.1 Å². The number of ketones is 1. The lowest BCUT2D eigenvalue weighted by atomic mass is 9.63. The standard InChI is InChI=1S/C25H38O2/c1-16(2)7-6-8-17(3)20-11-12-25(5)14-21-18(4)13-23(27)24(21)19(15-26)9-10-22(20)25/h7,9,13,17,20-22,24,26H,6,8,10-12,14-15H2,1-5H3/t17-,20+,21+,22-,24-,25+/m0/s1. The summed E-state index contributed by atoms with van der Waals surface area (Å²) in [5, 5.41) is 9.96. The molecule has 1 N–H and O–H groups in total. The first-order chi connectivity index (χ1) is 12.8. The van der Waals surface area contributed by atoms with Gasteiger partial charge in [-0.25, -0.2) is 0 Å². The molecular weight excluding hydrogens is 332 g/mol. The Bertz CT molecular complexity index is 664. The van der Waals surface area contributed by atoms with Crippen LogP contribution in [0, 0.1) is 35.0 Å². The Labute approximate surface area is 165 Å². The van der Waals surface area contributed by atoms with E-state index in [0.717, 1.165) is 30.3 Å². The summed E-state index contributed by atoms with van der Waals surface area (Å²) in [4.78, 5) is 12.6. The van der Waals surface area contributed by atoms with Gasteiger partial charge in [0.25, 0.3) is 0 Å². The molecule has 1 saturated carbocycles. The van der Waals surface area contributed by atoms with Gasteiger partial charge in [-0.15, -0.1) is 0 Å². The number of allylic oxidation sites excluding steroid dienone is 5. The van der Waals surface area contributed by atoms with E-state index in [2.05, 4.69) is 46.8 Å². The second-order valence-corrected chi connectivity index (χ2v) is 10.1. The average molecular weight is 371 g/mol. The highest BCUT2D eigenvalue weighted by Gasteiger charge is 2.50. The fourth-order valence-corrected chi connectivity index (χ4v) is 6.32. The molecule has 0 aromatic rings. The third-order valence-corrected chi connectivity index (χ3v) is 7.93. The normalized spacial score (nSPS) is 36.9. The fourth-order valence-electron chi connectivity index (χ4n) is 6.32. The van der Waals surface area contributed by atoms with Crippen molar-refractivity contribution in [1.29, 1.82) is 0 Å². The molecule has 0 bridgehead atoms. The topological polar surface area (TPSA) is 37.3 Å². The van der Waals surface area contributed by atoms with Crippen LogP contribution in [-0.2, 0) is 4.79 Å². The molecule has 0 radical (unpaired) electrons. The summed E-state index contributed by atoms with van der Waals surface area (Å²) >= 11 is 0. The van der Waals surface area contributed by atoms with Crippen LogP contribution in [0.25, 0.3) is 0 Å². The second-order valence-electron chi connectivity index (χ2n) is 10.1. The number of aliphatic hydroxyl groups excluding tert-OH is 1. The van der Waals surface area contributed by atoms with E-state index >= 15 is 0 Å². The van der Waals surface area contributed by atoms with Crippen LogP contribution in [0.5, 0.6) is 0 Å². The third kappa shape index (κ3) is 4.01. The second kappa shape index (κ2) is 8.07. The van der Waals surface area contributed by atoms with Crippen molar-refractivity contribution in [2.24, 2.45) is 35.0 Å². The van der Waals surface area contributed by atoms with Crippen molar-refractivity contribution in [3.05, 3.63) is 34.9 Å². The van der Waals surface area contributed by atoms with Crippen LogP contribution in [0.3, 0.4) is 0 Å². The van der Waals surface area contributed by atoms with E-state index in [1.165, 1.54) is 36.8 Å². The van der Waals surface area contributed by atoms with Gasteiger partial charge < -0.3 is 5.11 Å². The summed E-state index contributed by atoms with van der Waals surface area (Å²) in [5.41, 5.74) is 3.93. The fraction of sp³-hybridized carbons (Fsp3) is 0.720. The molecular formula is C25H38O2. The predicted molar refractivity (Wildman–Crippen MR) is 112 cm³/mol. The molecule has 3 rings (SSSR count). The number of rotatable bonds is 5. The summed E-state index contributed by atoms with van der Waals surface area (Å²) in [7, 11) is 0. The van der Waals surface area contributed by atoms with Crippen LogP contribution >= 0.6 is 0 Å². The first kappa shape index (κ1) is 20.6. The molecule has 0 amide bonds. The number of fused-ring (bicyclic) bond motifs is 2. The van der Waals surface area contributed by atoms with E-state index in [4.69, 9.17) is 0 Å². The van der Waals surface area contributed by atoms with E-state index in [-0.39, 0.29) is 18.3 Å². The maximum Gasteiger partial charge on any atom is 0.163 e. The zero-order chi connectivity index (χ0) is 19.8. The van der Waals surface area contributed by atoms with Crippen LogP contribution in [0.4, 0.5) is 0 Å². The molecule has 1 fully saturated rings. The van der Waals surface area contributed by atoms with Gasteiger partial charge in [-0.05, 0) is 100 Å². The van der Waals surface area contributed by atoms with Crippen molar-refractivity contribution in [2.45, 2.75) is 73.1 Å². The van der Waals surface area contributed by atoms with Crippen molar-refractivity contribution in [1.82, 2.24) is 0 Å². The molecule has 0 unspecified atom stereocenters. The Morgan fingerprint density at radius 2 is 2.15 bits per heavy atom. The van der Waals surface area contributed by atoms with Crippen molar-refractivity contribution < 1.29 is 9.90 Å². The Morgan fingerprint density at radius 3 is 2.81 bits per heavy atom. The van der Waals surface area contributed by atoms with Crippen LogP contribution in [-0.4, -0.2) is 17.5 Å². The average Bonchev–Trinajstić information content (AvgIpc) is 3.04. The minimum absolute atomic E-state index is 0.0260. The minimum Gasteiger partial charge on any atom is -0.392 e. The van der Waals surface area contributed by atoms with Crippen molar-refractivity contribution in [2.75, 3.05) is 6.61 Å². The van der Waals surface area contributed by atoms with Gasteiger partial charge in [0.2, 0.25) is 0 Å². The van der Waals surface area contributed by atoms with E-state index < -0.39 is 0 Å². The molecule has 27 heavy (non-hydrogen) atoms. The van der Waals surface area contributed by atoms with Crippen molar-refractivity contribution >= 4 is 5.78 Å². The number of carbonyl (C=O) groups excluding carboxylic acids is 1. The van der Waals surface area contributed by atoms with Crippen molar-refractivity contribution in [3.8, 4) is 0 Å². The summed E-state index contributed by atoms with van der Waals surface area (Å²) in [6.07, 6.45) is 13.6. The van der Waals surface area contributed by atoms with Gasteiger partial charge >= 0.3 is 0 Å². The highest BCUT2D eigenvalue weighted by atomic mass is 16.3. The van der Waals surface area contributed by atoms with Crippen LogP contribution in [0.15, 0.2) is 34.9 Å². The van der Waals surface area contributed by atoms with Crippen LogP contribution in [0.2, 0.25) is 0 Å². The smallest absolute Gasteiger partial charge is 0.163 e. The zero-order valence-corrected chi connectivity index (χ0v) is 17.9.